The van der Waals surface area contributed by atoms with Crippen LogP contribution in [0, 0.1) is 0 Å². The number of hydrogen-bond acceptors (Lipinski definition) is 5. The zero-order valence-corrected chi connectivity index (χ0v) is 12.0. The van der Waals surface area contributed by atoms with E-state index in [0.717, 1.165) is 25.2 Å². The van der Waals surface area contributed by atoms with Gasteiger partial charge in [-0.05, 0) is 13.3 Å². The number of amides is 1. The summed E-state index contributed by atoms with van der Waals surface area (Å²) < 4.78 is 1.82. The number of rotatable bonds is 7. The Morgan fingerprint density at radius 3 is 2.83 bits per heavy atom. The smallest absolute Gasteiger partial charge is 0.233 e. The van der Waals surface area contributed by atoms with Crippen LogP contribution in [-0.2, 0) is 18.4 Å². The molecule has 0 fully saturated rings. The van der Waals surface area contributed by atoms with Crippen LogP contribution < -0.4 is 11.1 Å². The van der Waals surface area contributed by atoms with Gasteiger partial charge in [0.15, 0.2) is 5.16 Å². The van der Waals surface area contributed by atoms with Crippen LogP contribution in [0.1, 0.15) is 32.5 Å². The van der Waals surface area contributed by atoms with Gasteiger partial charge in [-0.25, -0.2) is 0 Å². The lowest BCUT2D eigenvalue weighted by molar-refractivity contribution is -0.120. The first-order chi connectivity index (χ1) is 8.60. The summed E-state index contributed by atoms with van der Waals surface area (Å²) in [6, 6.07) is 0. The van der Waals surface area contributed by atoms with Gasteiger partial charge >= 0.3 is 0 Å². The summed E-state index contributed by atoms with van der Waals surface area (Å²) in [5, 5.41) is 11.4. The van der Waals surface area contributed by atoms with E-state index in [-0.39, 0.29) is 11.2 Å². The molecule has 1 amide bonds. The molecule has 1 aromatic heterocycles. The van der Waals surface area contributed by atoms with Gasteiger partial charge in [-0.2, -0.15) is 0 Å². The first-order valence-electron chi connectivity index (χ1n) is 6.12. The monoisotopic (exact) mass is 271 g/mol. The predicted octanol–water partition coefficient (Wildman–Crippen LogP) is 0.671. The molecule has 1 unspecified atom stereocenters. The van der Waals surface area contributed by atoms with Gasteiger partial charge < -0.3 is 15.6 Å². The molecule has 0 bridgehead atoms. The molecule has 1 aromatic rings. The molecule has 1 atom stereocenters. The summed E-state index contributed by atoms with van der Waals surface area (Å²) in [7, 11) is 1.85. The van der Waals surface area contributed by atoms with Crippen molar-refractivity contribution in [2.75, 3.05) is 6.54 Å². The minimum Gasteiger partial charge on any atom is -0.355 e. The molecular weight excluding hydrogens is 250 g/mol. The third kappa shape index (κ3) is 3.99. The van der Waals surface area contributed by atoms with Gasteiger partial charge in [0, 0.05) is 13.6 Å². The van der Waals surface area contributed by atoms with Crippen molar-refractivity contribution in [3.05, 3.63) is 5.82 Å². The number of nitrogens with zero attached hydrogens (tertiary/aromatic N) is 3. The molecule has 0 radical (unpaired) electrons. The minimum absolute atomic E-state index is 0.0331. The second-order valence-electron chi connectivity index (χ2n) is 4.07. The van der Waals surface area contributed by atoms with E-state index in [1.54, 1.807) is 0 Å². The number of nitrogens with one attached hydrogen (secondary N) is 1. The Balaban J connectivity index is 2.50. The van der Waals surface area contributed by atoms with Gasteiger partial charge in [0.1, 0.15) is 5.82 Å². The molecule has 102 valence electrons. The van der Waals surface area contributed by atoms with Crippen molar-refractivity contribution in [3.8, 4) is 0 Å². The van der Waals surface area contributed by atoms with E-state index < -0.39 is 0 Å². The highest BCUT2D eigenvalue weighted by Crippen LogP contribution is 2.21. The van der Waals surface area contributed by atoms with E-state index in [4.69, 9.17) is 5.73 Å². The Morgan fingerprint density at radius 1 is 1.56 bits per heavy atom. The molecule has 0 saturated carbocycles. The second-order valence-corrected chi connectivity index (χ2v) is 5.37. The van der Waals surface area contributed by atoms with Crippen molar-refractivity contribution in [2.45, 2.75) is 43.6 Å². The van der Waals surface area contributed by atoms with Crippen molar-refractivity contribution in [1.82, 2.24) is 20.1 Å². The highest BCUT2D eigenvalue weighted by atomic mass is 32.2. The molecule has 0 aromatic carbocycles. The lowest BCUT2D eigenvalue weighted by Gasteiger charge is -2.11. The Hall–Kier alpha value is -1.08. The summed E-state index contributed by atoms with van der Waals surface area (Å²) in [4.78, 5) is 11.8. The van der Waals surface area contributed by atoms with Crippen LogP contribution in [0.3, 0.4) is 0 Å². The Labute approximate surface area is 112 Å². The van der Waals surface area contributed by atoms with Gasteiger partial charge in [-0.15, -0.1) is 10.2 Å². The maximum atomic E-state index is 11.8. The lowest BCUT2D eigenvalue weighted by atomic mass is 10.3. The van der Waals surface area contributed by atoms with Gasteiger partial charge in [-0.3, -0.25) is 4.79 Å². The number of unbranched alkanes of at least 4 members (excludes halogenated alkanes) is 1. The molecule has 1 heterocycles. The van der Waals surface area contributed by atoms with Gasteiger partial charge in [-0.1, -0.05) is 25.1 Å². The molecule has 0 spiro atoms. The SMILES string of the molecule is CCCCNC(=O)C(C)Sc1nnc(CN)n1C. The highest BCUT2D eigenvalue weighted by Gasteiger charge is 2.17. The Bertz CT molecular complexity index is 393. The quantitative estimate of drug-likeness (QED) is 0.562. The summed E-state index contributed by atoms with van der Waals surface area (Å²) in [5.41, 5.74) is 5.52. The predicted molar refractivity (Wildman–Crippen MR) is 72.1 cm³/mol. The molecule has 7 heteroatoms. The molecule has 0 aliphatic carbocycles. The number of aromatic nitrogens is 3. The van der Waals surface area contributed by atoms with Crippen LogP contribution in [0.5, 0.6) is 0 Å². The van der Waals surface area contributed by atoms with Crippen LogP contribution in [0.4, 0.5) is 0 Å². The van der Waals surface area contributed by atoms with Gasteiger partial charge in [0.2, 0.25) is 5.91 Å². The molecule has 6 nitrogen and oxygen atoms in total. The number of carbonyl (C=O) groups excluding carboxylic acids is 1. The van der Waals surface area contributed by atoms with Crippen molar-refractivity contribution in [3.63, 3.8) is 0 Å². The molecular formula is C11H21N5OS. The maximum Gasteiger partial charge on any atom is 0.233 e. The van der Waals surface area contributed by atoms with E-state index in [1.807, 2.05) is 18.5 Å². The summed E-state index contributed by atoms with van der Waals surface area (Å²) in [6.45, 7) is 5.04. The summed E-state index contributed by atoms with van der Waals surface area (Å²) in [6.07, 6.45) is 2.08. The van der Waals surface area contributed by atoms with Crippen molar-refractivity contribution in [2.24, 2.45) is 12.8 Å². The zero-order valence-electron chi connectivity index (χ0n) is 11.1. The number of carbonyl (C=O) groups is 1. The fourth-order valence-corrected chi connectivity index (χ4v) is 2.23. The number of thioether (sulfide) groups is 1. The number of hydrogen-bond donors (Lipinski definition) is 2. The Kier molecular flexibility index (Phi) is 6.14. The lowest BCUT2D eigenvalue weighted by Crippen LogP contribution is -2.31. The number of nitrogens with two attached hydrogens (primary N) is 1. The van der Waals surface area contributed by atoms with E-state index in [2.05, 4.69) is 22.4 Å². The Morgan fingerprint density at radius 2 is 2.28 bits per heavy atom. The van der Waals surface area contributed by atoms with Crippen molar-refractivity contribution < 1.29 is 4.79 Å². The fraction of sp³-hybridized carbons (Fsp3) is 0.727. The molecule has 0 aliphatic rings. The topological polar surface area (TPSA) is 85.8 Å². The first-order valence-corrected chi connectivity index (χ1v) is 7.00. The van der Waals surface area contributed by atoms with Crippen LogP contribution in [-0.4, -0.2) is 32.5 Å². The minimum atomic E-state index is -0.185. The van der Waals surface area contributed by atoms with E-state index in [1.165, 1.54) is 11.8 Å². The first kappa shape index (κ1) is 15.0. The molecule has 3 N–H and O–H groups in total. The van der Waals surface area contributed by atoms with Crippen LogP contribution in [0.15, 0.2) is 5.16 Å². The maximum absolute atomic E-state index is 11.8. The average Bonchev–Trinajstić information content (AvgIpc) is 2.70. The standard InChI is InChI=1S/C11H21N5OS/c1-4-5-6-13-10(17)8(2)18-11-15-14-9(7-12)16(11)3/h8H,4-7,12H2,1-3H3,(H,13,17). The zero-order chi connectivity index (χ0) is 13.5. The average molecular weight is 271 g/mol. The fourth-order valence-electron chi connectivity index (χ4n) is 1.37. The third-order valence-corrected chi connectivity index (χ3v) is 3.72. The van der Waals surface area contributed by atoms with Gasteiger partial charge in [0.25, 0.3) is 0 Å². The van der Waals surface area contributed by atoms with E-state index in [0.29, 0.717) is 11.7 Å². The van der Waals surface area contributed by atoms with Gasteiger partial charge in [0.05, 0.1) is 11.8 Å². The van der Waals surface area contributed by atoms with Crippen LogP contribution in [0.2, 0.25) is 0 Å². The van der Waals surface area contributed by atoms with E-state index >= 15 is 0 Å². The van der Waals surface area contributed by atoms with Crippen LogP contribution >= 0.6 is 11.8 Å². The van der Waals surface area contributed by atoms with Crippen LogP contribution in [0.25, 0.3) is 0 Å². The normalized spacial score (nSPS) is 12.4. The molecule has 1 rings (SSSR count). The van der Waals surface area contributed by atoms with Crippen molar-refractivity contribution >= 4 is 17.7 Å². The summed E-state index contributed by atoms with van der Waals surface area (Å²) >= 11 is 1.39. The summed E-state index contributed by atoms with van der Waals surface area (Å²) in [5.74, 6) is 0.752. The molecule has 0 saturated heterocycles. The highest BCUT2D eigenvalue weighted by molar-refractivity contribution is 8.00. The third-order valence-electron chi connectivity index (χ3n) is 2.59. The van der Waals surface area contributed by atoms with E-state index in [9.17, 15) is 4.79 Å². The second kappa shape index (κ2) is 7.38. The molecule has 18 heavy (non-hydrogen) atoms. The largest absolute Gasteiger partial charge is 0.355 e. The van der Waals surface area contributed by atoms with Crippen molar-refractivity contribution in [1.29, 1.82) is 0 Å². The molecule has 0 aliphatic heterocycles.